The third-order valence-electron chi connectivity index (χ3n) is 4.11. The summed E-state index contributed by atoms with van der Waals surface area (Å²) >= 11 is 0. The standard InChI is InChI=1S/C21H12F5N3O/c1-12-8-19(21(24,25)26)29(28-12)16-5-2-13(3-6-16)9-14(11-27)20(30)17-7-4-15(22)10-18(17)23/h2-10H,1H3. The molecular weight excluding hydrogens is 405 g/mol. The van der Waals surface area contributed by atoms with Gasteiger partial charge in [0.15, 0.2) is 0 Å². The summed E-state index contributed by atoms with van der Waals surface area (Å²) in [5.74, 6) is -2.92. The zero-order chi connectivity index (χ0) is 22.1. The first-order valence-electron chi connectivity index (χ1n) is 8.46. The number of hydrogen-bond acceptors (Lipinski definition) is 3. The Morgan fingerprint density at radius 3 is 2.33 bits per heavy atom. The first-order valence-corrected chi connectivity index (χ1v) is 8.46. The van der Waals surface area contributed by atoms with Crippen molar-refractivity contribution in [1.29, 1.82) is 5.26 Å². The number of aryl methyl sites for hydroxylation is 1. The number of rotatable bonds is 4. The van der Waals surface area contributed by atoms with E-state index in [0.29, 0.717) is 11.6 Å². The van der Waals surface area contributed by atoms with Crippen molar-refractivity contribution in [3.05, 3.63) is 88.3 Å². The topological polar surface area (TPSA) is 58.7 Å². The predicted octanol–water partition coefficient (Wildman–Crippen LogP) is 5.27. The average Bonchev–Trinajstić information content (AvgIpc) is 3.08. The van der Waals surface area contributed by atoms with Crippen molar-refractivity contribution in [2.75, 3.05) is 0 Å². The highest BCUT2D eigenvalue weighted by Crippen LogP contribution is 2.31. The number of hydrogen-bond donors (Lipinski definition) is 0. The zero-order valence-electron chi connectivity index (χ0n) is 15.3. The Kier molecular flexibility index (Phi) is 5.52. The lowest BCUT2D eigenvalue weighted by Gasteiger charge is -2.10. The molecule has 0 saturated heterocycles. The molecule has 1 heterocycles. The number of benzene rings is 2. The molecule has 0 aliphatic carbocycles. The Labute approximate surface area is 167 Å². The fourth-order valence-corrected chi connectivity index (χ4v) is 2.74. The first kappa shape index (κ1) is 20.9. The van der Waals surface area contributed by atoms with Crippen molar-refractivity contribution in [2.24, 2.45) is 0 Å². The second-order valence-corrected chi connectivity index (χ2v) is 6.30. The van der Waals surface area contributed by atoms with Crippen LogP contribution in [-0.4, -0.2) is 15.6 Å². The van der Waals surface area contributed by atoms with Crippen LogP contribution in [0.5, 0.6) is 0 Å². The van der Waals surface area contributed by atoms with Crippen LogP contribution >= 0.6 is 0 Å². The van der Waals surface area contributed by atoms with E-state index in [2.05, 4.69) is 5.10 Å². The number of Topliss-reactive ketones (excluding diaryl/α,β-unsaturated/α-hetero) is 1. The summed E-state index contributed by atoms with van der Waals surface area (Å²) in [7, 11) is 0. The minimum Gasteiger partial charge on any atom is -0.288 e. The number of aromatic nitrogens is 2. The van der Waals surface area contributed by atoms with E-state index in [4.69, 9.17) is 0 Å². The highest BCUT2D eigenvalue weighted by molar-refractivity contribution is 6.14. The SMILES string of the molecule is Cc1cc(C(F)(F)F)n(-c2ccc(C=C(C#N)C(=O)c3ccc(F)cc3F)cc2)n1. The lowest BCUT2D eigenvalue weighted by molar-refractivity contribution is -0.142. The first-order chi connectivity index (χ1) is 14.1. The average molecular weight is 417 g/mol. The van der Waals surface area contributed by atoms with Crippen molar-refractivity contribution in [2.45, 2.75) is 13.1 Å². The van der Waals surface area contributed by atoms with Gasteiger partial charge in [-0.05, 0) is 48.9 Å². The van der Waals surface area contributed by atoms with E-state index >= 15 is 0 Å². The monoisotopic (exact) mass is 417 g/mol. The van der Waals surface area contributed by atoms with Crippen molar-refractivity contribution in [1.82, 2.24) is 9.78 Å². The molecule has 0 spiro atoms. The predicted molar refractivity (Wildman–Crippen MR) is 97.6 cm³/mol. The Morgan fingerprint density at radius 2 is 1.77 bits per heavy atom. The van der Waals surface area contributed by atoms with Crippen LogP contribution < -0.4 is 0 Å². The Bertz CT molecular complexity index is 1180. The van der Waals surface area contributed by atoms with Gasteiger partial charge in [0, 0.05) is 6.07 Å². The smallest absolute Gasteiger partial charge is 0.288 e. The molecule has 0 aliphatic rings. The van der Waals surface area contributed by atoms with Gasteiger partial charge in [0.25, 0.3) is 0 Å². The van der Waals surface area contributed by atoms with E-state index in [1.54, 1.807) is 6.07 Å². The third kappa shape index (κ3) is 4.27. The maximum atomic E-state index is 13.8. The van der Waals surface area contributed by atoms with Crippen LogP contribution in [0.4, 0.5) is 22.0 Å². The number of carbonyl (C=O) groups is 1. The molecule has 152 valence electrons. The quantitative estimate of drug-likeness (QED) is 0.252. The van der Waals surface area contributed by atoms with Gasteiger partial charge >= 0.3 is 6.18 Å². The number of nitriles is 1. The molecule has 0 saturated carbocycles. The lowest BCUT2D eigenvalue weighted by Crippen LogP contribution is -2.13. The minimum absolute atomic E-state index is 0.127. The number of carbonyl (C=O) groups excluding carboxylic acids is 1. The fourth-order valence-electron chi connectivity index (χ4n) is 2.74. The van der Waals surface area contributed by atoms with Gasteiger partial charge in [-0.3, -0.25) is 4.79 Å². The molecule has 0 atom stereocenters. The molecule has 3 rings (SSSR count). The number of allylic oxidation sites excluding steroid dienone is 1. The maximum absolute atomic E-state index is 13.8. The van der Waals surface area contributed by atoms with Crippen molar-refractivity contribution in [3.63, 3.8) is 0 Å². The van der Waals surface area contributed by atoms with Crippen LogP contribution in [0, 0.1) is 29.9 Å². The van der Waals surface area contributed by atoms with E-state index in [-0.39, 0.29) is 11.4 Å². The van der Waals surface area contributed by atoms with Gasteiger partial charge in [-0.1, -0.05) is 12.1 Å². The van der Waals surface area contributed by atoms with Crippen molar-refractivity contribution >= 4 is 11.9 Å². The van der Waals surface area contributed by atoms with Gasteiger partial charge in [0.1, 0.15) is 29.0 Å². The van der Waals surface area contributed by atoms with Crippen LogP contribution in [-0.2, 0) is 6.18 Å². The molecule has 3 aromatic rings. The molecule has 9 heteroatoms. The molecule has 0 bridgehead atoms. The third-order valence-corrected chi connectivity index (χ3v) is 4.11. The largest absolute Gasteiger partial charge is 0.433 e. The molecule has 30 heavy (non-hydrogen) atoms. The Hall–Kier alpha value is -3.80. The maximum Gasteiger partial charge on any atom is 0.433 e. The summed E-state index contributed by atoms with van der Waals surface area (Å²) in [6.45, 7) is 1.43. The molecule has 0 radical (unpaired) electrons. The highest BCUT2D eigenvalue weighted by atomic mass is 19.4. The molecule has 0 unspecified atom stereocenters. The van der Waals surface area contributed by atoms with E-state index in [1.165, 1.54) is 31.2 Å². The van der Waals surface area contributed by atoms with Gasteiger partial charge in [-0.25, -0.2) is 13.5 Å². The second kappa shape index (κ2) is 7.91. The molecule has 4 nitrogen and oxygen atoms in total. The molecule has 2 aromatic carbocycles. The van der Waals surface area contributed by atoms with Crippen molar-refractivity contribution in [3.8, 4) is 11.8 Å². The molecule has 0 N–H and O–H groups in total. The molecule has 0 aliphatic heterocycles. The summed E-state index contributed by atoms with van der Waals surface area (Å²) in [6.07, 6.45) is -3.44. The van der Waals surface area contributed by atoms with E-state index < -0.39 is 40.4 Å². The van der Waals surface area contributed by atoms with Gasteiger partial charge in [-0.2, -0.15) is 23.5 Å². The summed E-state index contributed by atoms with van der Waals surface area (Å²) < 4.78 is 67.0. The van der Waals surface area contributed by atoms with Crippen LogP contribution in [0.2, 0.25) is 0 Å². The van der Waals surface area contributed by atoms with E-state index in [0.717, 1.165) is 29.0 Å². The summed E-state index contributed by atoms with van der Waals surface area (Å²) in [6, 6.07) is 10.4. The van der Waals surface area contributed by atoms with Crippen LogP contribution in [0.15, 0.2) is 54.1 Å². The van der Waals surface area contributed by atoms with Crippen LogP contribution in [0.1, 0.15) is 27.3 Å². The van der Waals surface area contributed by atoms with Gasteiger partial charge in [-0.15, -0.1) is 0 Å². The number of halogens is 5. The molecule has 0 fully saturated rings. The normalized spacial score (nSPS) is 12.0. The lowest BCUT2D eigenvalue weighted by atomic mass is 10.0. The van der Waals surface area contributed by atoms with E-state index in [9.17, 15) is 32.0 Å². The molecular formula is C21H12F5N3O. The summed E-state index contributed by atoms with van der Waals surface area (Å²) in [4.78, 5) is 12.4. The molecule has 0 amide bonds. The summed E-state index contributed by atoms with van der Waals surface area (Å²) in [5.41, 5.74) is -1.19. The number of ketones is 1. The van der Waals surface area contributed by atoms with Gasteiger partial charge in [0.05, 0.1) is 16.9 Å². The minimum atomic E-state index is -4.60. The zero-order valence-corrected chi connectivity index (χ0v) is 15.3. The van der Waals surface area contributed by atoms with Crippen molar-refractivity contribution < 1.29 is 26.7 Å². The molecule has 1 aromatic heterocycles. The number of nitrogens with zero attached hydrogens (tertiary/aromatic N) is 3. The van der Waals surface area contributed by atoms with Gasteiger partial charge in [0.2, 0.25) is 5.78 Å². The number of alkyl halides is 3. The van der Waals surface area contributed by atoms with Crippen LogP contribution in [0.25, 0.3) is 11.8 Å². The Morgan fingerprint density at radius 1 is 1.10 bits per heavy atom. The van der Waals surface area contributed by atoms with Crippen LogP contribution in [0.3, 0.4) is 0 Å². The summed E-state index contributed by atoms with van der Waals surface area (Å²) in [5, 5.41) is 13.1. The van der Waals surface area contributed by atoms with E-state index in [1.807, 2.05) is 0 Å². The second-order valence-electron chi connectivity index (χ2n) is 6.30. The Balaban J connectivity index is 1.93. The fraction of sp³-hybridized carbons (Fsp3) is 0.0952. The highest BCUT2D eigenvalue weighted by Gasteiger charge is 2.35. The van der Waals surface area contributed by atoms with Gasteiger partial charge < -0.3 is 0 Å².